The van der Waals surface area contributed by atoms with E-state index in [0.29, 0.717) is 32.5 Å². The maximum absolute atomic E-state index is 13.5. The molecule has 0 bridgehead atoms. The van der Waals surface area contributed by atoms with Crippen LogP contribution in [0.5, 0.6) is 0 Å². The number of fused-ring (bicyclic) bond motifs is 2. The number of carbonyl (C=O) groups is 2. The number of carbonyl (C=O) groups excluding carboxylic acids is 2. The van der Waals surface area contributed by atoms with E-state index in [2.05, 4.69) is 40.3 Å². The van der Waals surface area contributed by atoms with Crippen LogP contribution >= 0.6 is 15.9 Å². The van der Waals surface area contributed by atoms with Crippen LogP contribution in [0.3, 0.4) is 0 Å². The molecule has 0 saturated carbocycles. The van der Waals surface area contributed by atoms with Crippen LogP contribution in [-0.2, 0) is 6.42 Å². The number of halogens is 1. The molecule has 0 saturated heterocycles. The molecule has 5 heteroatoms. The molecule has 4 nitrogen and oxygen atoms in total. The minimum atomic E-state index is -0.217. The van der Waals surface area contributed by atoms with Gasteiger partial charge in [-0.3, -0.25) is 9.59 Å². The van der Waals surface area contributed by atoms with Gasteiger partial charge in [0.1, 0.15) is 0 Å². The number of hydrogen-bond donors (Lipinski definition) is 2. The third kappa shape index (κ3) is 6.32. The summed E-state index contributed by atoms with van der Waals surface area (Å²) in [6, 6.07) is 17.0. The summed E-state index contributed by atoms with van der Waals surface area (Å²) in [6.45, 7) is 2.26. The number of benzene rings is 3. The van der Waals surface area contributed by atoms with Crippen LogP contribution in [0.1, 0.15) is 109 Å². The minimum Gasteiger partial charge on any atom is -0.397 e. The first-order valence-electron chi connectivity index (χ1n) is 13.7. The SMILES string of the molecule is CCCCCCCCCCCCc1ccccc1Nc1cc(Br)c(N)c2c1C(=O)c1ccccc1C2=O. The van der Waals surface area contributed by atoms with Gasteiger partial charge in [-0.25, -0.2) is 0 Å². The molecular weight excluding hydrogens is 524 g/mol. The number of hydrogen-bond acceptors (Lipinski definition) is 4. The lowest BCUT2D eigenvalue weighted by atomic mass is 9.82. The van der Waals surface area contributed by atoms with Gasteiger partial charge in [-0.15, -0.1) is 0 Å². The van der Waals surface area contributed by atoms with Gasteiger partial charge in [-0.2, -0.15) is 0 Å². The van der Waals surface area contributed by atoms with Crippen LogP contribution in [0, 0.1) is 0 Å². The van der Waals surface area contributed by atoms with Crippen molar-refractivity contribution in [2.45, 2.75) is 77.6 Å². The lowest BCUT2D eigenvalue weighted by Gasteiger charge is -2.23. The van der Waals surface area contributed by atoms with Crippen molar-refractivity contribution in [3.63, 3.8) is 0 Å². The summed E-state index contributed by atoms with van der Waals surface area (Å²) in [4.78, 5) is 26.9. The lowest BCUT2D eigenvalue weighted by molar-refractivity contribution is 0.0980. The number of nitrogens with one attached hydrogen (secondary N) is 1. The first kappa shape index (κ1) is 27.1. The molecule has 1 aliphatic rings. The summed E-state index contributed by atoms with van der Waals surface area (Å²) in [6.07, 6.45) is 14.0. The van der Waals surface area contributed by atoms with Crippen molar-refractivity contribution in [1.82, 2.24) is 0 Å². The second kappa shape index (κ2) is 13.0. The van der Waals surface area contributed by atoms with Crippen LogP contribution < -0.4 is 11.1 Å². The summed E-state index contributed by atoms with van der Waals surface area (Å²) in [5.74, 6) is -0.398. The molecule has 0 unspecified atom stereocenters. The highest BCUT2D eigenvalue weighted by Gasteiger charge is 2.34. The highest BCUT2D eigenvalue weighted by Crippen LogP contribution is 2.40. The van der Waals surface area contributed by atoms with Gasteiger partial charge in [0, 0.05) is 21.3 Å². The fourth-order valence-corrected chi connectivity index (χ4v) is 5.62. The van der Waals surface area contributed by atoms with E-state index in [1.54, 1.807) is 24.3 Å². The van der Waals surface area contributed by atoms with E-state index < -0.39 is 0 Å². The van der Waals surface area contributed by atoms with Gasteiger partial charge in [0.05, 0.1) is 22.5 Å². The van der Waals surface area contributed by atoms with Gasteiger partial charge in [0.2, 0.25) is 0 Å². The van der Waals surface area contributed by atoms with Crippen molar-refractivity contribution < 1.29 is 9.59 Å². The Balaban J connectivity index is 1.45. The Hall–Kier alpha value is -2.92. The third-order valence-corrected chi connectivity index (χ3v) is 7.93. The number of anilines is 3. The van der Waals surface area contributed by atoms with Crippen molar-refractivity contribution in [3.8, 4) is 0 Å². The Bertz CT molecular complexity index is 1270. The molecule has 3 N–H and O–H groups in total. The van der Waals surface area contributed by atoms with Crippen molar-refractivity contribution in [1.29, 1.82) is 0 Å². The van der Waals surface area contributed by atoms with Gasteiger partial charge < -0.3 is 11.1 Å². The van der Waals surface area contributed by atoms with Crippen LogP contribution in [0.15, 0.2) is 59.1 Å². The number of unbranched alkanes of at least 4 members (excludes halogenated alkanes) is 9. The molecular formula is C32H37BrN2O2. The Kier molecular flexibility index (Phi) is 9.56. The molecule has 3 aromatic rings. The summed E-state index contributed by atoms with van der Waals surface area (Å²) >= 11 is 3.51. The van der Waals surface area contributed by atoms with E-state index in [1.807, 2.05) is 18.2 Å². The highest BCUT2D eigenvalue weighted by molar-refractivity contribution is 9.10. The Labute approximate surface area is 229 Å². The first-order chi connectivity index (χ1) is 18.0. The van der Waals surface area contributed by atoms with E-state index in [-0.39, 0.29) is 17.1 Å². The molecule has 0 radical (unpaired) electrons. The highest BCUT2D eigenvalue weighted by atomic mass is 79.9. The standard InChI is InChI=1S/C32H37BrN2O2/c1-2-3-4-5-6-7-8-9-10-11-16-22-17-12-15-20-26(22)35-27-21-25(33)30(34)29-28(27)31(36)23-18-13-14-19-24(23)32(29)37/h12-15,17-21,35H,2-11,16,34H2,1H3. The monoisotopic (exact) mass is 560 g/mol. The molecule has 0 spiro atoms. The molecule has 37 heavy (non-hydrogen) atoms. The second-order valence-corrected chi connectivity index (χ2v) is 10.8. The van der Waals surface area contributed by atoms with Crippen LogP contribution in [0.2, 0.25) is 0 Å². The van der Waals surface area contributed by atoms with E-state index >= 15 is 0 Å². The number of rotatable bonds is 13. The molecule has 0 fully saturated rings. The van der Waals surface area contributed by atoms with Gasteiger partial charge in [0.25, 0.3) is 0 Å². The number of nitrogens with two attached hydrogens (primary N) is 1. The number of aryl methyl sites for hydroxylation is 1. The van der Waals surface area contributed by atoms with Gasteiger partial charge in [-0.05, 0) is 46.5 Å². The molecule has 0 atom stereocenters. The zero-order valence-corrected chi connectivity index (χ0v) is 23.3. The molecule has 1 aliphatic carbocycles. The average Bonchev–Trinajstić information content (AvgIpc) is 2.91. The number of ketones is 2. The largest absolute Gasteiger partial charge is 0.397 e. The predicted molar refractivity (Wildman–Crippen MR) is 157 cm³/mol. The van der Waals surface area contributed by atoms with Crippen molar-refractivity contribution in [2.24, 2.45) is 0 Å². The quantitative estimate of drug-likeness (QED) is 0.126. The lowest BCUT2D eigenvalue weighted by Crippen LogP contribution is -2.24. The van der Waals surface area contributed by atoms with Gasteiger partial charge in [0.15, 0.2) is 11.6 Å². The van der Waals surface area contributed by atoms with Crippen LogP contribution in [0.4, 0.5) is 17.1 Å². The molecule has 0 aromatic heterocycles. The molecule has 0 amide bonds. The maximum Gasteiger partial charge on any atom is 0.196 e. The summed E-state index contributed by atoms with van der Waals surface area (Å²) in [5, 5.41) is 3.48. The van der Waals surface area contributed by atoms with Crippen molar-refractivity contribution >= 4 is 44.6 Å². The topological polar surface area (TPSA) is 72.2 Å². The minimum absolute atomic E-state index is 0.181. The smallest absolute Gasteiger partial charge is 0.196 e. The summed E-state index contributed by atoms with van der Waals surface area (Å²) < 4.78 is 0.599. The molecule has 0 aliphatic heterocycles. The third-order valence-electron chi connectivity index (χ3n) is 7.27. The van der Waals surface area contributed by atoms with E-state index in [0.717, 1.165) is 18.5 Å². The number of nitrogen functional groups attached to an aromatic ring is 1. The number of para-hydroxylation sites is 1. The summed E-state index contributed by atoms with van der Waals surface area (Å²) in [7, 11) is 0. The average molecular weight is 562 g/mol. The first-order valence-corrected chi connectivity index (χ1v) is 14.5. The van der Waals surface area contributed by atoms with Crippen LogP contribution in [-0.4, -0.2) is 11.6 Å². The molecule has 194 valence electrons. The fraction of sp³-hybridized carbons (Fsp3) is 0.375. The zero-order chi connectivity index (χ0) is 26.2. The Morgan fingerprint density at radius 3 is 1.89 bits per heavy atom. The molecule has 0 heterocycles. The van der Waals surface area contributed by atoms with E-state index in [9.17, 15) is 9.59 Å². The molecule has 4 rings (SSSR count). The Morgan fingerprint density at radius 1 is 0.703 bits per heavy atom. The van der Waals surface area contributed by atoms with E-state index in [1.165, 1.54) is 63.4 Å². The Morgan fingerprint density at radius 2 is 1.24 bits per heavy atom. The second-order valence-electron chi connectivity index (χ2n) is 9.99. The van der Waals surface area contributed by atoms with Gasteiger partial charge in [-0.1, -0.05) is 107 Å². The van der Waals surface area contributed by atoms with Gasteiger partial charge >= 0.3 is 0 Å². The molecule has 3 aromatic carbocycles. The zero-order valence-electron chi connectivity index (χ0n) is 21.7. The maximum atomic E-state index is 13.5. The van der Waals surface area contributed by atoms with Crippen LogP contribution in [0.25, 0.3) is 0 Å². The van der Waals surface area contributed by atoms with Crippen molar-refractivity contribution in [3.05, 3.63) is 86.9 Å². The van der Waals surface area contributed by atoms with Crippen molar-refractivity contribution in [2.75, 3.05) is 11.1 Å². The normalized spacial score (nSPS) is 12.4. The fourth-order valence-electron chi connectivity index (χ4n) is 5.19. The van der Waals surface area contributed by atoms with E-state index in [4.69, 9.17) is 5.73 Å². The predicted octanol–water partition coefficient (Wildman–Crippen LogP) is 9.01. The summed E-state index contributed by atoms with van der Waals surface area (Å²) in [5.41, 5.74) is 10.8.